The zero-order chi connectivity index (χ0) is 22.4. The highest BCUT2D eigenvalue weighted by Crippen LogP contribution is 2.28. The molecule has 31 heavy (non-hydrogen) atoms. The van der Waals surface area contributed by atoms with Gasteiger partial charge in [0.25, 0.3) is 11.8 Å². The number of amides is 4. The molecule has 4 amide bonds. The van der Waals surface area contributed by atoms with Gasteiger partial charge in [-0.3, -0.25) is 19.2 Å². The minimum absolute atomic E-state index is 0.0141. The van der Waals surface area contributed by atoms with Gasteiger partial charge in [0.05, 0.1) is 6.04 Å². The Balaban J connectivity index is 1.68. The number of carbonyl (C=O) groups excluding carboxylic acids is 5. The molecule has 5 N–H and O–H groups in total. The van der Waals surface area contributed by atoms with Crippen molar-refractivity contribution < 1.29 is 28.7 Å². The van der Waals surface area contributed by atoms with Crippen LogP contribution in [0.4, 0.5) is 4.79 Å². The topological polar surface area (TPSA) is 157 Å². The molecule has 1 aliphatic heterocycles. The maximum Gasteiger partial charge on any atom is 0.405 e. The summed E-state index contributed by atoms with van der Waals surface area (Å²) in [5, 5.41) is 7.89. The number of primary amides is 1. The molecule has 0 aromatic heterocycles. The maximum atomic E-state index is 13.0. The van der Waals surface area contributed by atoms with Crippen molar-refractivity contribution in [3.63, 3.8) is 0 Å². The van der Waals surface area contributed by atoms with E-state index in [2.05, 4.69) is 16.0 Å². The first-order valence-electron chi connectivity index (χ1n) is 11.2. The smallest absolute Gasteiger partial charge is 0.405 e. The third kappa shape index (κ3) is 6.93. The lowest BCUT2D eigenvalue weighted by Crippen LogP contribution is -2.52. The van der Waals surface area contributed by atoms with Gasteiger partial charge in [0, 0.05) is 18.5 Å². The van der Waals surface area contributed by atoms with Crippen LogP contribution in [0.15, 0.2) is 0 Å². The number of nitrogens with two attached hydrogens (primary N) is 1. The summed E-state index contributed by atoms with van der Waals surface area (Å²) < 4.78 is 5.06. The van der Waals surface area contributed by atoms with E-state index in [4.69, 9.17) is 10.5 Å². The molecule has 172 valence electrons. The van der Waals surface area contributed by atoms with Gasteiger partial charge in [-0.25, -0.2) is 4.79 Å². The molecule has 0 radical (unpaired) electrons. The highest BCUT2D eigenvalue weighted by Gasteiger charge is 2.37. The van der Waals surface area contributed by atoms with Crippen molar-refractivity contribution in [1.82, 2.24) is 16.0 Å². The van der Waals surface area contributed by atoms with Crippen molar-refractivity contribution in [3.8, 4) is 0 Å². The van der Waals surface area contributed by atoms with Crippen LogP contribution >= 0.6 is 0 Å². The van der Waals surface area contributed by atoms with Gasteiger partial charge >= 0.3 is 6.09 Å². The molecule has 2 saturated carbocycles. The van der Waals surface area contributed by atoms with Crippen LogP contribution in [0.3, 0.4) is 0 Å². The van der Waals surface area contributed by atoms with Crippen LogP contribution in [0, 0.1) is 11.8 Å². The molecule has 3 fully saturated rings. The summed E-state index contributed by atoms with van der Waals surface area (Å²) >= 11 is 0. The summed E-state index contributed by atoms with van der Waals surface area (Å²) in [6.45, 7) is 0.488. The lowest BCUT2D eigenvalue weighted by molar-refractivity contribution is -0.142. The molecule has 0 spiro atoms. The van der Waals surface area contributed by atoms with Crippen LogP contribution in [-0.2, 0) is 23.9 Å². The molecule has 10 heteroatoms. The predicted molar refractivity (Wildman–Crippen MR) is 109 cm³/mol. The number of Topliss-reactive ketones (excluding diaryl/α,β-unsaturated/α-hetero) is 1. The van der Waals surface area contributed by atoms with Gasteiger partial charge in [0.15, 0.2) is 6.10 Å². The normalized spacial score (nSPS) is 23.4. The highest BCUT2D eigenvalue weighted by atomic mass is 16.6. The fraction of sp³-hybridized carbons (Fsp3) is 0.762. The van der Waals surface area contributed by atoms with E-state index in [1.165, 1.54) is 0 Å². The largest absolute Gasteiger partial charge is 0.436 e. The first-order chi connectivity index (χ1) is 14.8. The van der Waals surface area contributed by atoms with Crippen LogP contribution in [-0.4, -0.2) is 54.3 Å². The number of carbonyl (C=O) groups is 5. The van der Waals surface area contributed by atoms with Gasteiger partial charge in [0.1, 0.15) is 0 Å². The Kier molecular flexibility index (Phi) is 7.86. The quantitative estimate of drug-likeness (QED) is 0.360. The molecule has 0 aromatic rings. The third-order valence-electron chi connectivity index (χ3n) is 6.28. The molecule has 3 unspecified atom stereocenters. The number of ether oxygens (including phenoxy) is 1. The Hall–Kier alpha value is -2.65. The van der Waals surface area contributed by atoms with Crippen LogP contribution in [0.25, 0.3) is 0 Å². The summed E-state index contributed by atoms with van der Waals surface area (Å²) in [4.78, 5) is 61.4. The van der Waals surface area contributed by atoms with Crippen molar-refractivity contribution in [2.24, 2.45) is 17.6 Å². The molecule has 0 aromatic carbocycles. The number of hydrogen-bond acceptors (Lipinski definition) is 6. The van der Waals surface area contributed by atoms with Crippen molar-refractivity contribution in [1.29, 1.82) is 0 Å². The van der Waals surface area contributed by atoms with E-state index in [1.807, 2.05) is 0 Å². The number of ketones is 1. The maximum absolute atomic E-state index is 13.0. The average Bonchev–Trinajstić information content (AvgIpc) is 3.46. The number of rotatable bonds is 10. The Morgan fingerprint density at radius 1 is 1.03 bits per heavy atom. The Morgan fingerprint density at radius 3 is 2.32 bits per heavy atom. The van der Waals surface area contributed by atoms with Crippen LogP contribution in [0.1, 0.15) is 64.2 Å². The molecule has 2 aliphatic carbocycles. The number of nitrogens with one attached hydrogen (secondary N) is 3. The van der Waals surface area contributed by atoms with Gasteiger partial charge in [-0.1, -0.05) is 32.1 Å². The standard InChI is InChI=1S/C21H32N4O6/c22-21(30)31-16(10-12-4-2-1-3-5-12)19(28)25-15(11-13-8-9-23-18(13)27)17(26)20(29)24-14-6-7-14/h12-16H,1-11H2,(H2,22,30)(H,23,27)(H,24,29)(H,25,28). The second-order valence-corrected chi connectivity index (χ2v) is 8.85. The minimum Gasteiger partial charge on any atom is -0.436 e. The van der Waals surface area contributed by atoms with Crippen molar-refractivity contribution in [2.75, 3.05) is 6.54 Å². The first-order valence-corrected chi connectivity index (χ1v) is 11.2. The predicted octanol–water partition coefficient (Wildman–Crippen LogP) is 0.279. The average molecular weight is 437 g/mol. The summed E-state index contributed by atoms with van der Waals surface area (Å²) in [6.07, 6.45) is 5.37. The Labute approximate surface area is 181 Å². The lowest BCUT2D eigenvalue weighted by atomic mass is 9.85. The third-order valence-corrected chi connectivity index (χ3v) is 6.28. The fourth-order valence-corrected chi connectivity index (χ4v) is 4.37. The SMILES string of the molecule is NC(=O)OC(CC1CCCCC1)C(=O)NC(CC1CCNC1=O)C(=O)C(=O)NC1CC1. The molecule has 0 bridgehead atoms. The minimum atomic E-state index is -1.18. The van der Waals surface area contributed by atoms with Gasteiger partial charge in [-0.05, 0) is 38.0 Å². The monoisotopic (exact) mass is 436 g/mol. The summed E-state index contributed by atoms with van der Waals surface area (Å²) in [7, 11) is 0. The van der Waals surface area contributed by atoms with E-state index >= 15 is 0 Å². The molecule has 3 atom stereocenters. The van der Waals surface area contributed by atoms with Gasteiger partial charge in [-0.15, -0.1) is 0 Å². The zero-order valence-corrected chi connectivity index (χ0v) is 17.7. The molecule has 3 rings (SSSR count). The summed E-state index contributed by atoms with van der Waals surface area (Å²) in [6, 6.07) is -1.19. The van der Waals surface area contributed by atoms with Crippen LogP contribution in [0.2, 0.25) is 0 Å². The molecular formula is C21H32N4O6. The zero-order valence-electron chi connectivity index (χ0n) is 17.7. The van der Waals surface area contributed by atoms with E-state index in [0.29, 0.717) is 19.4 Å². The number of hydrogen-bond donors (Lipinski definition) is 4. The molecule has 10 nitrogen and oxygen atoms in total. The molecule has 1 saturated heterocycles. The van der Waals surface area contributed by atoms with Crippen molar-refractivity contribution >= 4 is 29.6 Å². The fourth-order valence-electron chi connectivity index (χ4n) is 4.37. The molecule has 3 aliphatic rings. The molecule has 1 heterocycles. The summed E-state index contributed by atoms with van der Waals surface area (Å²) in [5.41, 5.74) is 5.16. The Bertz CT molecular complexity index is 717. The summed E-state index contributed by atoms with van der Waals surface area (Å²) in [5.74, 6) is -2.70. The van der Waals surface area contributed by atoms with E-state index in [-0.39, 0.29) is 24.3 Å². The Morgan fingerprint density at radius 2 is 1.74 bits per heavy atom. The lowest BCUT2D eigenvalue weighted by Gasteiger charge is -2.27. The second kappa shape index (κ2) is 10.6. The van der Waals surface area contributed by atoms with E-state index in [0.717, 1.165) is 44.9 Å². The van der Waals surface area contributed by atoms with Crippen LogP contribution < -0.4 is 21.7 Å². The van der Waals surface area contributed by atoms with E-state index in [1.54, 1.807) is 0 Å². The highest BCUT2D eigenvalue weighted by molar-refractivity contribution is 6.38. The van der Waals surface area contributed by atoms with Crippen LogP contribution in [0.5, 0.6) is 0 Å². The first kappa shape index (κ1) is 23.0. The van der Waals surface area contributed by atoms with Gasteiger partial charge < -0.3 is 26.4 Å². The van der Waals surface area contributed by atoms with E-state index < -0.39 is 41.8 Å². The molecular weight excluding hydrogens is 404 g/mol. The van der Waals surface area contributed by atoms with Gasteiger partial charge in [-0.2, -0.15) is 0 Å². The van der Waals surface area contributed by atoms with Gasteiger partial charge in [0.2, 0.25) is 11.7 Å². The van der Waals surface area contributed by atoms with Crippen molar-refractivity contribution in [3.05, 3.63) is 0 Å². The van der Waals surface area contributed by atoms with E-state index in [9.17, 15) is 24.0 Å². The van der Waals surface area contributed by atoms with Crippen molar-refractivity contribution in [2.45, 2.75) is 82.4 Å². The second-order valence-electron chi connectivity index (χ2n) is 8.85.